The molecule has 0 bridgehead atoms. The van der Waals surface area contributed by atoms with Crippen molar-refractivity contribution in [2.24, 2.45) is 0 Å². The average molecular weight is 353 g/mol. The van der Waals surface area contributed by atoms with E-state index in [4.69, 9.17) is 4.74 Å². The molecule has 0 heterocycles. The largest absolute Gasteiger partial charge is 0.494 e. The second kappa shape index (κ2) is 7.16. The lowest BCUT2D eigenvalue weighted by atomic mass is 10.0. The summed E-state index contributed by atoms with van der Waals surface area (Å²) in [4.78, 5) is 1.08. The molecule has 1 atom stereocenters. The highest BCUT2D eigenvalue weighted by Crippen LogP contribution is 2.35. The highest BCUT2D eigenvalue weighted by molar-refractivity contribution is 9.10. The molecule has 4 heteroatoms. The molecule has 2 nitrogen and oxygen atoms in total. The Hall–Kier alpha value is -0.970. The van der Waals surface area contributed by atoms with Crippen LogP contribution in [0, 0.1) is 0 Å². The third kappa shape index (κ3) is 3.37. The van der Waals surface area contributed by atoms with E-state index in [0.717, 1.165) is 26.2 Å². The first-order valence-electron chi connectivity index (χ1n) is 6.40. The van der Waals surface area contributed by atoms with E-state index in [0.29, 0.717) is 6.61 Å². The summed E-state index contributed by atoms with van der Waals surface area (Å²) < 4.78 is 6.31. The lowest BCUT2D eigenvalue weighted by Crippen LogP contribution is -2.03. The molecule has 0 amide bonds. The zero-order valence-electron chi connectivity index (χ0n) is 11.5. The van der Waals surface area contributed by atoms with Gasteiger partial charge in [-0.1, -0.05) is 40.2 Å². The number of benzene rings is 2. The standard InChI is InChI=1S/C16H17BrO2S/c1-3-19-11-8-9-12(14(17)10-11)16(18)13-6-4-5-7-15(13)20-2/h4-10,16,18H,3H2,1-2H3. The Morgan fingerprint density at radius 1 is 1.20 bits per heavy atom. The molecule has 0 radical (unpaired) electrons. The van der Waals surface area contributed by atoms with Gasteiger partial charge in [-0.3, -0.25) is 0 Å². The van der Waals surface area contributed by atoms with Crippen molar-refractivity contribution in [3.63, 3.8) is 0 Å². The maximum Gasteiger partial charge on any atom is 0.120 e. The van der Waals surface area contributed by atoms with Gasteiger partial charge in [-0.15, -0.1) is 11.8 Å². The van der Waals surface area contributed by atoms with Crippen LogP contribution in [0.3, 0.4) is 0 Å². The number of ether oxygens (including phenoxy) is 1. The molecule has 0 aliphatic heterocycles. The minimum Gasteiger partial charge on any atom is -0.494 e. The van der Waals surface area contributed by atoms with E-state index >= 15 is 0 Å². The van der Waals surface area contributed by atoms with Crippen molar-refractivity contribution in [1.82, 2.24) is 0 Å². The smallest absolute Gasteiger partial charge is 0.120 e. The quantitative estimate of drug-likeness (QED) is 0.794. The van der Waals surface area contributed by atoms with Crippen molar-refractivity contribution >= 4 is 27.7 Å². The van der Waals surface area contributed by atoms with Crippen LogP contribution in [0.25, 0.3) is 0 Å². The van der Waals surface area contributed by atoms with Crippen molar-refractivity contribution in [3.8, 4) is 5.75 Å². The molecule has 106 valence electrons. The maximum atomic E-state index is 10.6. The predicted octanol–water partition coefficient (Wildman–Crippen LogP) is 4.65. The summed E-state index contributed by atoms with van der Waals surface area (Å²) in [5.41, 5.74) is 1.76. The third-order valence-electron chi connectivity index (χ3n) is 3.01. The number of thioether (sulfide) groups is 1. The van der Waals surface area contributed by atoms with Gasteiger partial charge < -0.3 is 9.84 Å². The highest BCUT2D eigenvalue weighted by atomic mass is 79.9. The number of aliphatic hydroxyl groups is 1. The van der Waals surface area contributed by atoms with Crippen LogP contribution >= 0.6 is 27.7 Å². The average Bonchev–Trinajstić information content (AvgIpc) is 2.47. The summed E-state index contributed by atoms with van der Waals surface area (Å²) in [6, 6.07) is 13.6. The summed E-state index contributed by atoms with van der Waals surface area (Å²) in [5, 5.41) is 10.6. The normalized spacial score (nSPS) is 12.2. The molecule has 0 aromatic heterocycles. The molecule has 20 heavy (non-hydrogen) atoms. The van der Waals surface area contributed by atoms with E-state index in [-0.39, 0.29) is 0 Å². The van der Waals surface area contributed by atoms with Gasteiger partial charge in [-0.25, -0.2) is 0 Å². The fraction of sp³-hybridized carbons (Fsp3) is 0.250. The summed E-state index contributed by atoms with van der Waals surface area (Å²) in [6.45, 7) is 2.58. The monoisotopic (exact) mass is 352 g/mol. The van der Waals surface area contributed by atoms with Crippen molar-refractivity contribution < 1.29 is 9.84 Å². The molecule has 1 unspecified atom stereocenters. The number of halogens is 1. The second-order valence-corrected chi connectivity index (χ2v) is 5.96. The van der Waals surface area contributed by atoms with Crippen LogP contribution in [0.5, 0.6) is 5.75 Å². The highest BCUT2D eigenvalue weighted by Gasteiger charge is 2.17. The molecule has 2 rings (SSSR count). The van der Waals surface area contributed by atoms with Gasteiger partial charge in [-0.05, 0) is 42.5 Å². The van der Waals surface area contributed by atoms with Gasteiger partial charge in [0.1, 0.15) is 11.9 Å². The first kappa shape index (κ1) is 15.4. The van der Waals surface area contributed by atoms with Crippen molar-refractivity contribution in [2.45, 2.75) is 17.9 Å². The number of aliphatic hydroxyl groups excluding tert-OH is 1. The van der Waals surface area contributed by atoms with Crippen LogP contribution in [0.2, 0.25) is 0 Å². The third-order valence-corrected chi connectivity index (χ3v) is 4.51. The molecule has 0 spiro atoms. The number of hydrogen-bond acceptors (Lipinski definition) is 3. The van der Waals surface area contributed by atoms with Gasteiger partial charge >= 0.3 is 0 Å². The van der Waals surface area contributed by atoms with Gasteiger partial charge in [0, 0.05) is 9.37 Å². The zero-order chi connectivity index (χ0) is 14.5. The fourth-order valence-corrected chi connectivity index (χ4v) is 3.25. The molecule has 0 aliphatic carbocycles. The van der Waals surface area contributed by atoms with Gasteiger partial charge in [0.25, 0.3) is 0 Å². The molecule has 0 saturated heterocycles. The molecule has 1 N–H and O–H groups in total. The topological polar surface area (TPSA) is 29.5 Å². The van der Waals surface area contributed by atoms with E-state index in [1.807, 2.05) is 55.6 Å². The molecule has 2 aromatic carbocycles. The van der Waals surface area contributed by atoms with Gasteiger partial charge in [-0.2, -0.15) is 0 Å². The van der Waals surface area contributed by atoms with E-state index in [1.165, 1.54) is 0 Å². The summed E-state index contributed by atoms with van der Waals surface area (Å²) in [7, 11) is 0. The maximum absolute atomic E-state index is 10.6. The Balaban J connectivity index is 2.35. The lowest BCUT2D eigenvalue weighted by molar-refractivity contribution is 0.216. The summed E-state index contributed by atoms with van der Waals surface area (Å²) in [6.07, 6.45) is 1.36. The van der Waals surface area contributed by atoms with Crippen LogP contribution in [-0.4, -0.2) is 18.0 Å². The van der Waals surface area contributed by atoms with Crippen molar-refractivity contribution in [3.05, 3.63) is 58.1 Å². The molecule has 0 saturated carbocycles. The van der Waals surface area contributed by atoms with Crippen molar-refractivity contribution in [2.75, 3.05) is 12.9 Å². The van der Waals surface area contributed by atoms with Crippen LogP contribution < -0.4 is 4.74 Å². The lowest BCUT2D eigenvalue weighted by Gasteiger charge is -2.17. The van der Waals surface area contributed by atoms with Crippen LogP contribution in [0.15, 0.2) is 51.8 Å². The molecule has 2 aromatic rings. The summed E-state index contributed by atoms with van der Waals surface area (Å²) >= 11 is 5.15. The zero-order valence-corrected chi connectivity index (χ0v) is 13.9. The minimum atomic E-state index is -0.649. The Morgan fingerprint density at radius 3 is 2.60 bits per heavy atom. The summed E-state index contributed by atoms with van der Waals surface area (Å²) in [5.74, 6) is 0.800. The molecular weight excluding hydrogens is 336 g/mol. The molecular formula is C16H17BrO2S. The first-order chi connectivity index (χ1) is 9.67. The van der Waals surface area contributed by atoms with E-state index in [9.17, 15) is 5.11 Å². The molecule has 0 fully saturated rings. The fourth-order valence-electron chi connectivity index (χ4n) is 2.05. The van der Waals surface area contributed by atoms with E-state index in [2.05, 4.69) is 15.9 Å². The predicted molar refractivity (Wildman–Crippen MR) is 87.6 cm³/mol. The van der Waals surface area contributed by atoms with E-state index in [1.54, 1.807) is 11.8 Å². The Kier molecular flexibility index (Phi) is 5.52. The Bertz CT molecular complexity index is 586. The SMILES string of the molecule is CCOc1ccc(C(O)c2ccccc2SC)c(Br)c1. The van der Waals surface area contributed by atoms with Gasteiger partial charge in [0.15, 0.2) is 0 Å². The van der Waals surface area contributed by atoms with Gasteiger partial charge in [0.05, 0.1) is 6.61 Å². The van der Waals surface area contributed by atoms with Crippen molar-refractivity contribution in [1.29, 1.82) is 0 Å². The van der Waals surface area contributed by atoms with Gasteiger partial charge in [0.2, 0.25) is 0 Å². The van der Waals surface area contributed by atoms with Crippen LogP contribution in [0.1, 0.15) is 24.2 Å². The van der Waals surface area contributed by atoms with Crippen LogP contribution in [-0.2, 0) is 0 Å². The van der Waals surface area contributed by atoms with E-state index < -0.39 is 6.10 Å². The Morgan fingerprint density at radius 2 is 1.95 bits per heavy atom. The Labute approximate surface area is 132 Å². The van der Waals surface area contributed by atoms with Crippen LogP contribution in [0.4, 0.5) is 0 Å². The molecule has 0 aliphatic rings. The number of hydrogen-bond donors (Lipinski definition) is 1. The number of rotatable bonds is 5. The second-order valence-electron chi connectivity index (χ2n) is 4.26. The first-order valence-corrected chi connectivity index (χ1v) is 8.42. The minimum absolute atomic E-state index is 0.629.